The molecule has 0 saturated heterocycles. The lowest BCUT2D eigenvalue weighted by Gasteiger charge is -2.20. The zero-order chi connectivity index (χ0) is 33.1. The second-order valence-corrected chi connectivity index (χ2v) is 14.3. The molecular formula is C41H81NO3. The standard InChI is InChI=1S/C41H81NO3/c1-4-6-8-10-12-13-14-15-16-17-18-19-20-21-22-23-25-27-32-36-41(45)42-39(37-43)40(44)35-31-28-30-34-38(3)33-29-26-24-11-9-7-5-2/h31,35,38-40,43-44H,4-30,32-34,36-37H2,1-3H3,(H,42,45)/b35-31+. The first-order chi connectivity index (χ1) is 22.0. The fourth-order valence-electron chi connectivity index (χ4n) is 6.43. The minimum Gasteiger partial charge on any atom is -0.394 e. The average molecular weight is 636 g/mol. The van der Waals surface area contributed by atoms with E-state index in [-0.39, 0.29) is 12.5 Å². The predicted octanol–water partition coefficient (Wildman–Crippen LogP) is 12.1. The second kappa shape index (κ2) is 36.0. The van der Waals surface area contributed by atoms with E-state index in [1.165, 1.54) is 167 Å². The maximum Gasteiger partial charge on any atom is 0.220 e. The molecule has 0 aromatic carbocycles. The number of carbonyl (C=O) groups is 1. The fraction of sp³-hybridized carbons (Fsp3) is 0.927. The van der Waals surface area contributed by atoms with Crippen LogP contribution in [-0.2, 0) is 4.79 Å². The summed E-state index contributed by atoms with van der Waals surface area (Å²) >= 11 is 0. The van der Waals surface area contributed by atoms with Gasteiger partial charge >= 0.3 is 0 Å². The summed E-state index contributed by atoms with van der Waals surface area (Å²) in [6.45, 7) is 6.67. The topological polar surface area (TPSA) is 69.6 Å². The zero-order valence-electron chi connectivity index (χ0n) is 30.8. The molecule has 0 bridgehead atoms. The minimum absolute atomic E-state index is 0.0623. The van der Waals surface area contributed by atoms with Crippen molar-refractivity contribution in [1.29, 1.82) is 0 Å². The highest BCUT2D eigenvalue weighted by atomic mass is 16.3. The molecule has 0 radical (unpaired) electrons. The molecule has 0 heterocycles. The molecule has 3 unspecified atom stereocenters. The lowest BCUT2D eigenvalue weighted by molar-refractivity contribution is -0.123. The third-order valence-corrected chi connectivity index (χ3v) is 9.66. The summed E-state index contributed by atoms with van der Waals surface area (Å²) in [5, 5.41) is 23.0. The number of allylic oxidation sites excluding steroid dienone is 1. The highest BCUT2D eigenvalue weighted by molar-refractivity contribution is 5.76. The van der Waals surface area contributed by atoms with E-state index in [1.807, 2.05) is 6.08 Å². The van der Waals surface area contributed by atoms with E-state index in [2.05, 4.69) is 26.1 Å². The van der Waals surface area contributed by atoms with Crippen molar-refractivity contribution in [1.82, 2.24) is 5.32 Å². The van der Waals surface area contributed by atoms with Gasteiger partial charge in [0.2, 0.25) is 5.91 Å². The third-order valence-electron chi connectivity index (χ3n) is 9.66. The Bertz CT molecular complexity index is 622. The minimum atomic E-state index is -0.839. The van der Waals surface area contributed by atoms with E-state index in [9.17, 15) is 15.0 Å². The molecule has 268 valence electrons. The second-order valence-electron chi connectivity index (χ2n) is 14.3. The normalized spacial score (nSPS) is 13.8. The Labute approximate surface area is 282 Å². The van der Waals surface area contributed by atoms with Crippen LogP contribution < -0.4 is 5.32 Å². The number of nitrogens with one attached hydrogen (secondary N) is 1. The maximum absolute atomic E-state index is 12.4. The van der Waals surface area contributed by atoms with Crippen LogP contribution in [-0.4, -0.2) is 34.9 Å². The van der Waals surface area contributed by atoms with Crippen molar-refractivity contribution >= 4 is 5.91 Å². The summed E-state index contributed by atoms with van der Waals surface area (Å²) in [6.07, 6.45) is 43.1. The van der Waals surface area contributed by atoms with Crippen LogP contribution >= 0.6 is 0 Å². The van der Waals surface area contributed by atoms with Crippen LogP contribution in [0.25, 0.3) is 0 Å². The van der Waals surface area contributed by atoms with Crippen LogP contribution in [0.4, 0.5) is 0 Å². The Hall–Kier alpha value is -0.870. The first-order valence-electron chi connectivity index (χ1n) is 20.3. The summed E-state index contributed by atoms with van der Waals surface area (Å²) in [7, 11) is 0. The Morgan fingerprint density at radius 1 is 0.578 bits per heavy atom. The van der Waals surface area contributed by atoms with Gasteiger partial charge in [0, 0.05) is 6.42 Å². The van der Waals surface area contributed by atoms with Gasteiger partial charge in [-0.05, 0) is 25.2 Å². The highest BCUT2D eigenvalue weighted by Gasteiger charge is 2.18. The van der Waals surface area contributed by atoms with E-state index >= 15 is 0 Å². The summed E-state index contributed by atoms with van der Waals surface area (Å²) < 4.78 is 0. The molecule has 3 atom stereocenters. The molecular weight excluding hydrogens is 554 g/mol. The molecule has 0 aromatic rings. The van der Waals surface area contributed by atoms with Crippen molar-refractivity contribution in [3.8, 4) is 0 Å². The molecule has 1 amide bonds. The van der Waals surface area contributed by atoms with Gasteiger partial charge in [0.15, 0.2) is 0 Å². The highest BCUT2D eigenvalue weighted by Crippen LogP contribution is 2.18. The molecule has 4 heteroatoms. The monoisotopic (exact) mass is 636 g/mol. The van der Waals surface area contributed by atoms with Crippen molar-refractivity contribution in [2.24, 2.45) is 5.92 Å². The maximum atomic E-state index is 12.4. The van der Waals surface area contributed by atoms with Gasteiger partial charge in [0.25, 0.3) is 0 Å². The number of aliphatic hydroxyl groups is 2. The first-order valence-corrected chi connectivity index (χ1v) is 20.3. The van der Waals surface area contributed by atoms with E-state index < -0.39 is 12.1 Å². The van der Waals surface area contributed by atoms with Gasteiger partial charge in [-0.2, -0.15) is 0 Å². The third kappa shape index (κ3) is 32.8. The Morgan fingerprint density at radius 3 is 1.38 bits per heavy atom. The van der Waals surface area contributed by atoms with Crippen LogP contribution in [0.3, 0.4) is 0 Å². The van der Waals surface area contributed by atoms with Crippen molar-refractivity contribution in [2.75, 3.05) is 6.61 Å². The largest absolute Gasteiger partial charge is 0.394 e. The number of aliphatic hydroxyl groups excluding tert-OH is 2. The SMILES string of the molecule is CCCCCCCCCCCCCCCCCCCCCC(=O)NC(CO)C(O)/C=C/CCCC(C)CCCCCCCCC. The molecule has 0 aliphatic heterocycles. The molecule has 45 heavy (non-hydrogen) atoms. The van der Waals surface area contributed by atoms with Crippen LogP contribution in [0.5, 0.6) is 0 Å². The van der Waals surface area contributed by atoms with E-state index in [0.717, 1.165) is 31.6 Å². The smallest absolute Gasteiger partial charge is 0.220 e. The lowest BCUT2D eigenvalue weighted by Crippen LogP contribution is -2.45. The average Bonchev–Trinajstić information content (AvgIpc) is 3.04. The molecule has 0 aromatic heterocycles. The summed E-state index contributed by atoms with van der Waals surface area (Å²) in [6, 6.07) is -0.620. The number of amides is 1. The van der Waals surface area contributed by atoms with Crippen LogP contribution in [0, 0.1) is 5.92 Å². The number of rotatable bonds is 36. The summed E-state index contributed by atoms with van der Waals surface area (Å²) in [5.74, 6) is 0.695. The molecule has 0 aliphatic rings. The Morgan fingerprint density at radius 2 is 0.956 bits per heavy atom. The van der Waals surface area contributed by atoms with Gasteiger partial charge in [0.1, 0.15) is 0 Å². The van der Waals surface area contributed by atoms with E-state index in [4.69, 9.17) is 0 Å². The van der Waals surface area contributed by atoms with Gasteiger partial charge in [-0.1, -0.05) is 206 Å². The predicted molar refractivity (Wildman–Crippen MR) is 198 cm³/mol. The quantitative estimate of drug-likeness (QED) is 0.0474. The molecule has 4 nitrogen and oxygen atoms in total. The molecule has 0 saturated carbocycles. The van der Waals surface area contributed by atoms with Crippen LogP contribution in [0.15, 0.2) is 12.2 Å². The van der Waals surface area contributed by atoms with Crippen molar-refractivity contribution in [2.45, 2.75) is 232 Å². The van der Waals surface area contributed by atoms with Gasteiger partial charge in [-0.15, -0.1) is 0 Å². The van der Waals surface area contributed by atoms with E-state index in [1.54, 1.807) is 6.08 Å². The zero-order valence-corrected chi connectivity index (χ0v) is 30.8. The van der Waals surface area contributed by atoms with Crippen LogP contribution in [0.1, 0.15) is 220 Å². The van der Waals surface area contributed by atoms with Crippen LogP contribution in [0.2, 0.25) is 0 Å². The van der Waals surface area contributed by atoms with Crippen molar-refractivity contribution in [3.63, 3.8) is 0 Å². The van der Waals surface area contributed by atoms with E-state index in [0.29, 0.717) is 6.42 Å². The van der Waals surface area contributed by atoms with Crippen molar-refractivity contribution in [3.05, 3.63) is 12.2 Å². The Kier molecular flexibility index (Phi) is 35.3. The summed E-state index contributed by atoms with van der Waals surface area (Å²) in [5.41, 5.74) is 0. The van der Waals surface area contributed by atoms with Gasteiger partial charge < -0.3 is 15.5 Å². The molecule has 0 spiro atoms. The van der Waals surface area contributed by atoms with Gasteiger partial charge in [-0.3, -0.25) is 4.79 Å². The lowest BCUT2D eigenvalue weighted by atomic mass is 9.96. The van der Waals surface area contributed by atoms with Gasteiger partial charge in [0.05, 0.1) is 18.8 Å². The van der Waals surface area contributed by atoms with Crippen molar-refractivity contribution < 1.29 is 15.0 Å². The number of hydrogen-bond acceptors (Lipinski definition) is 3. The molecule has 0 rings (SSSR count). The summed E-state index contributed by atoms with van der Waals surface area (Å²) in [4.78, 5) is 12.4. The molecule has 0 fully saturated rings. The molecule has 0 aliphatic carbocycles. The Balaban J connectivity index is 3.62. The molecule has 3 N–H and O–H groups in total. The number of carbonyl (C=O) groups excluding carboxylic acids is 1. The number of unbranched alkanes of at least 4 members (excludes halogenated alkanes) is 25. The fourth-order valence-corrected chi connectivity index (χ4v) is 6.43. The number of hydrogen-bond donors (Lipinski definition) is 3. The first kappa shape index (κ1) is 44.1. The van der Waals surface area contributed by atoms with Gasteiger partial charge in [-0.25, -0.2) is 0 Å².